The fourth-order valence-electron chi connectivity index (χ4n) is 7.49. The molecule has 8 atom stereocenters. The van der Waals surface area contributed by atoms with Gasteiger partial charge in [0.1, 0.15) is 18.1 Å². The minimum Gasteiger partial charge on any atom is -0.462 e. The van der Waals surface area contributed by atoms with Gasteiger partial charge in [0.25, 0.3) is 0 Å². The molecule has 0 amide bonds. The fraction of sp³-hybridized carbons (Fsp3) is 0.941. The largest absolute Gasteiger partial charge is 0.462 e. The zero-order valence-electron chi connectivity index (χ0n) is 27.7. The lowest BCUT2D eigenvalue weighted by Gasteiger charge is -2.56. The molecule has 0 aromatic carbocycles. The lowest BCUT2D eigenvalue weighted by molar-refractivity contribution is -0.377. The van der Waals surface area contributed by atoms with Crippen LogP contribution >= 0.6 is 0 Å². The Hall–Kier alpha value is -1.14. The topological polar surface area (TPSA) is 71.1 Å². The maximum Gasteiger partial charge on any atom is 0.315 e. The van der Waals surface area contributed by atoms with Gasteiger partial charge in [-0.3, -0.25) is 9.59 Å². The molecule has 0 saturated heterocycles. The molecule has 232 valence electrons. The Labute approximate surface area is 245 Å². The van der Waals surface area contributed by atoms with E-state index in [1.54, 1.807) is 0 Å². The number of hydrogen-bond acceptors (Lipinski definition) is 6. The lowest BCUT2D eigenvalue weighted by Crippen LogP contribution is -2.67. The van der Waals surface area contributed by atoms with E-state index in [-0.39, 0.29) is 30.6 Å². The molecule has 6 heteroatoms. The van der Waals surface area contributed by atoms with E-state index < -0.39 is 28.8 Å². The second kappa shape index (κ2) is 12.6. The Kier molecular flexibility index (Phi) is 10.5. The van der Waals surface area contributed by atoms with Crippen LogP contribution in [-0.2, 0) is 28.5 Å². The van der Waals surface area contributed by atoms with Gasteiger partial charge in [0, 0.05) is 6.42 Å². The third-order valence-corrected chi connectivity index (χ3v) is 9.35. The van der Waals surface area contributed by atoms with Gasteiger partial charge in [-0.05, 0) is 103 Å². The van der Waals surface area contributed by atoms with Crippen LogP contribution in [0.4, 0.5) is 0 Å². The average Bonchev–Trinajstić information content (AvgIpc) is 2.74. The van der Waals surface area contributed by atoms with E-state index in [4.69, 9.17) is 18.9 Å². The highest BCUT2D eigenvalue weighted by molar-refractivity contribution is 5.85. The van der Waals surface area contributed by atoms with Crippen molar-refractivity contribution in [1.29, 1.82) is 0 Å². The maximum absolute atomic E-state index is 14.2. The standard InChI is InChI=1S/C34H60O6/c1-20(2)24-15-13-22(5)17-27(24)37-30(35)26-19-34(39-32(7,8)9,40-33(10,11)12)29(26)31(36)38-28-18-23(6)14-16-25(28)21(3)4/h20-29H,13-19H2,1-12H3. The van der Waals surface area contributed by atoms with Crippen LogP contribution in [0.25, 0.3) is 0 Å². The predicted octanol–water partition coefficient (Wildman–Crippen LogP) is 7.96. The highest BCUT2D eigenvalue weighted by Gasteiger charge is 2.66. The molecule has 3 aliphatic rings. The molecule has 0 radical (unpaired) electrons. The maximum atomic E-state index is 14.2. The lowest BCUT2D eigenvalue weighted by atomic mass is 9.66. The summed E-state index contributed by atoms with van der Waals surface area (Å²) >= 11 is 0. The van der Waals surface area contributed by atoms with Crippen LogP contribution in [0.15, 0.2) is 0 Å². The molecule has 3 aliphatic carbocycles. The molecule has 3 fully saturated rings. The highest BCUT2D eigenvalue weighted by atomic mass is 16.7. The molecule has 3 saturated carbocycles. The van der Waals surface area contributed by atoms with Crippen molar-refractivity contribution in [2.24, 2.45) is 47.3 Å². The summed E-state index contributed by atoms with van der Waals surface area (Å²) in [5, 5.41) is 0. The summed E-state index contributed by atoms with van der Waals surface area (Å²) in [4.78, 5) is 28.1. The smallest absolute Gasteiger partial charge is 0.315 e. The van der Waals surface area contributed by atoms with E-state index in [0.29, 0.717) is 35.5 Å². The summed E-state index contributed by atoms with van der Waals surface area (Å²) in [5.41, 5.74) is -1.17. The summed E-state index contributed by atoms with van der Waals surface area (Å²) in [6.07, 6.45) is 6.13. The first kappa shape index (κ1) is 33.4. The summed E-state index contributed by atoms with van der Waals surface area (Å²) in [6.45, 7) is 25.1. The first-order chi connectivity index (χ1) is 18.3. The van der Waals surface area contributed by atoms with Crippen molar-refractivity contribution in [3.63, 3.8) is 0 Å². The van der Waals surface area contributed by atoms with Crippen LogP contribution in [0.5, 0.6) is 0 Å². The summed E-state index contributed by atoms with van der Waals surface area (Å²) in [5.74, 6) is -0.966. The molecule has 0 aromatic heterocycles. The van der Waals surface area contributed by atoms with E-state index in [1.165, 1.54) is 0 Å². The number of carbonyl (C=O) groups excluding carboxylic acids is 2. The first-order valence-corrected chi connectivity index (χ1v) is 16.1. The van der Waals surface area contributed by atoms with Crippen molar-refractivity contribution in [2.45, 2.75) is 157 Å². The molecule has 0 bridgehead atoms. The van der Waals surface area contributed by atoms with E-state index in [9.17, 15) is 9.59 Å². The van der Waals surface area contributed by atoms with Gasteiger partial charge in [0.2, 0.25) is 0 Å². The van der Waals surface area contributed by atoms with Gasteiger partial charge in [0.15, 0.2) is 5.79 Å². The van der Waals surface area contributed by atoms with Gasteiger partial charge < -0.3 is 18.9 Å². The Bertz CT molecular complexity index is 849. The van der Waals surface area contributed by atoms with Crippen molar-refractivity contribution in [1.82, 2.24) is 0 Å². The van der Waals surface area contributed by atoms with Gasteiger partial charge in [-0.25, -0.2) is 0 Å². The van der Waals surface area contributed by atoms with Crippen molar-refractivity contribution in [3.8, 4) is 0 Å². The van der Waals surface area contributed by atoms with Crippen molar-refractivity contribution in [3.05, 3.63) is 0 Å². The Morgan fingerprint density at radius 1 is 0.675 bits per heavy atom. The predicted molar refractivity (Wildman–Crippen MR) is 158 cm³/mol. The SMILES string of the molecule is CC1CCC(C(C)C)C(OC(=O)C2CC(OC(C)(C)C)(OC(C)(C)C)C2C(=O)OC2CC(C)CCC2C(C)C)C1. The van der Waals surface area contributed by atoms with Gasteiger partial charge in [-0.15, -0.1) is 0 Å². The normalized spacial score (nSPS) is 34.9. The molecule has 6 nitrogen and oxygen atoms in total. The minimum absolute atomic E-state index is 0.125. The van der Waals surface area contributed by atoms with Crippen LogP contribution < -0.4 is 0 Å². The quantitative estimate of drug-likeness (QED) is 0.220. The average molecular weight is 565 g/mol. The molecule has 0 heterocycles. The molecule has 0 aliphatic heterocycles. The summed E-state index contributed by atoms with van der Waals surface area (Å²) in [7, 11) is 0. The Morgan fingerprint density at radius 2 is 1.07 bits per heavy atom. The molecule has 40 heavy (non-hydrogen) atoms. The van der Waals surface area contributed by atoms with Crippen LogP contribution in [-0.4, -0.2) is 41.1 Å². The van der Waals surface area contributed by atoms with E-state index in [0.717, 1.165) is 38.5 Å². The second-order valence-electron chi connectivity index (χ2n) is 16.1. The van der Waals surface area contributed by atoms with Gasteiger partial charge in [0.05, 0.1) is 17.1 Å². The number of ether oxygens (including phenoxy) is 4. The van der Waals surface area contributed by atoms with Crippen LogP contribution in [0.3, 0.4) is 0 Å². The fourth-order valence-corrected chi connectivity index (χ4v) is 7.49. The van der Waals surface area contributed by atoms with E-state index in [1.807, 2.05) is 41.5 Å². The second-order valence-corrected chi connectivity index (χ2v) is 16.1. The van der Waals surface area contributed by atoms with Gasteiger partial charge in [-0.1, -0.05) is 54.4 Å². The Balaban J connectivity index is 1.92. The van der Waals surface area contributed by atoms with Crippen molar-refractivity contribution < 1.29 is 28.5 Å². The molecular formula is C34H60O6. The molecule has 8 unspecified atom stereocenters. The first-order valence-electron chi connectivity index (χ1n) is 16.1. The van der Waals surface area contributed by atoms with Gasteiger partial charge >= 0.3 is 11.9 Å². The molecule has 0 N–H and O–H groups in total. The third kappa shape index (κ3) is 8.24. The van der Waals surface area contributed by atoms with Crippen LogP contribution in [0.1, 0.15) is 128 Å². The molecule has 0 aromatic rings. The zero-order chi connectivity index (χ0) is 30.2. The molecule has 3 rings (SSSR count). The number of esters is 2. The third-order valence-electron chi connectivity index (χ3n) is 9.35. The van der Waals surface area contributed by atoms with E-state index >= 15 is 0 Å². The number of carbonyl (C=O) groups is 2. The van der Waals surface area contributed by atoms with Crippen LogP contribution in [0.2, 0.25) is 0 Å². The molecule has 0 spiro atoms. The highest BCUT2D eigenvalue weighted by Crippen LogP contribution is 2.53. The number of hydrogen-bond donors (Lipinski definition) is 0. The summed E-state index contributed by atoms with van der Waals surface area (Å²) in [6, 6.07) is 0. The zero-order valence-corrected chi connectivity index (χ0v) is 27.7. The Morgan fingerprint density at radius 3 is 1.45 bits per heavy atom. The summed E-state index contributed by atoms with van der Waals surface area (Å²) < 4.78 is 25.8. The van der Waals surface area contributed by atoms with Crippen LogP contribution in [0, 0.1) is 47.3 Å². The minimum atomic E-state index is -1.25. The molecular weight excluding hydrogens is 504 g/mol. The number of rotatable bonds is 8. The van der Waals surface area contributed by atoms with Crippen molar-refractivity contribution >= 4 is 11.9 Å². The monoisotopic (exact) mass is 564 g/mol. The van der Waals surface area contributed by atoms with E-state index in [2.05, 4.69) is 41.5 Å². The van der Waals surface area contributed by atoms with Gasteiger partial charge in [-0.2, -0.15) is 0 Å². The van der Waals surface area contributed by atoms with Crippen molar-refractivity contribution in [2.75, 3.05) is 0 Å².